The number of carbonyl (C=O) groups excluding carboxylic acids is 1. The normalized spacial score (nSPS) is 10.2. The van der Waals surface area contributed by atoms with Crippen LogP contribution in [0.5, 0.6) is 5.75 Å². The second kappa shape index (κ2) is 6.24. The number of aromatic nitrogens is 1. The summed E-state index contributed by atoms with van der Waals surface area (Å²) in [5, 5.41) is 3.29. The molecule has 6 heteroatoms. The lowest BCUT2D eigenvalue weighted by molar-refractivity contribution is -0.116. The fourth-order valence-electron chi connectivity index (χ4n) is 1.59. The van der Waals surface area contributed by atoms with Gasteiger partial charge in [0, 0.05) is 17.9 Å². The number of ether oxygens (including phenoxy) is 1. The Morgan fingerprint density at radius 1 is 1.53 bits per heavy atom. The molecule has 19 heavy (non-hydrogen) atoms. The van der Waals surface area contributed by atoms with E-state index in [4.69, 9.17) is 20.8 Å². The lowest BCUT2D eigenvalue weighted by Crippen LogP contribution is -2.13. The first-order chi connectivity index (χ1) is 9.19. The van der Waals surface area contributed by atoms with Gasteiger partial charge in [0.05, 0.1) is 18.5 Å². The van der Waals surface area contributed by atoms with E-state index in [0.29, 0.717) is 29.3 Å². The second-order valence-corrected chi connectivity index (χ2v) is 4.31. The van der Waals surface area contributed by atoms with Crippen LogP contribution in [-0.4, -0.2) is 18.0 Å². The number of halogens is 1. The van der Waals surface area contributed by atoms with Crippen molar-refractivity contribution >= 4 is 23.2 Å². The van der Waals surface area contributed by atoms with Crippen LogP contribution < -0.4 is 10.1 Å². The quantitative estimate of drug-likeness (QED) is 0.914. The van der Waals surface area contributed by atoms with Crippen LogP contribution in [-0.2, 0) is 11.2 Å². The van der Waals surface area contributed by atoms with E-state index in [1.54, 1.807) is 18.2 Å². The van der Waals surface area contributed by atoms with Gasteiger partial charge in [0.15, 0.2) is 6.39 Å². The van der Waals surface area contributed by atoms with Crippen molar-refractivity contribution in [3.05, 3.63) is 41.6 Å². The number of anilines is 1. The molecule has 100 valence electrons. The van der Waals surface area contributed by atoms with Gasteiger partial charge in [0.25, 0.3) is 0 Å². The Hall–Kier alpha value is -2.01. The molecule has 1 N–H and O–H groups in total. The van der Waals surface area contributed by atoms with Crippen molar-refractivity contribution in [1.29, 1.82) is 0 Å². The van der Waals surface area contributed by atoms with E-state index in [-0.39, 0.29) is 5.91 Å². The smallest absolute Gasteiger partial charge is 0.224 e. The summed E-state index contributed by atoms with van der Waals surface area (Å²) in [5.41, 5.74) is 1.30. The highest BCUT2D eigenvalue weighted by Crippen LogP contribution is 2.27. The molecule has 1 amide bonds. The Kier molecular flexibility index (Phi) is 4.41. The first kappa shape index (κ1) is 13.4. The standard InChI is InChI=1S/C13H13ClN2O3/c1-18-12-4-2-9(14)6-11(12)16-13(17)5-3-10-7-19-8-15-10/h2,4,6-8H,3,5H2,1H3,(H,16,17). The van der Waals surface area contributed by atoms with Crippen LogP contribution in [0.15, 0.2) is 35.3 Å². The first-order valence-corrected chi connectivity index (χ1v) is 6.07. The maximum Gasteiger partial charge on any atom is 0.224 e. The van der Waals surface area contributed by atoms with Crippen LogP contribution in [0.1, 0.15) is 12.1 Å². The molecular formula is C13H13ClN2O3. The van der Waals surface area contributed by atoms with Crippen molar-refractivity contribution in [1.82, 2.24) is 4.98 Å². The summed E-state index contributed by atoms with van der Waals surface area (Å²) >= 11 is 5.89. The van der Waals surface area contributed by atoms with Gasteiger partial charge < -0.3 is 14.5 Å². The van der Waals surface area contributed by atoms with Gasteiger partial charge in [-0.2, -0.15) is 0 Å². The monoisotopic (exact) mass is 280 g/mol. The summed E-state index contributed by atoms with van der Waals surface area (Å²) in [4.78, 5) is 15.8. The lowest BCUT2D eigenvalue weighted by Gasteiger charge is -2.10. The predicted octanol–water partition coefficient (Wildman–Crippen LogP) is 2.91. The van der Waals surface area contributed by atoms with Crippen molar-refractivity contribution in [3.63, 3.8) is 0 Å². The Morgan fingerprint density at radius 3 is 3.05 bits per heavy atom. The van der Waals surface area contributed by atoms with Crippen LogP contribution in [0.2, 0.25) is 5.02 Å². The van der Waals surface area contributed by atoms with Crippen LogP contribution in [0.25, 0.3) is 0 Å². The average molecular weight is 281 g/mol. The van der Waals surface area contributed by atoms with E-state index >= 15 is 0 Å². The first-order valence-electron chi connectivity index (χ1n) is 5.69. The van der Waals surface area contributed by atoms with E-state index in [9.17, 15) is 4.79 Å². The molecule has 2 aromatic rings. The van der Waals surface area contributed by atoms with E-state index in [2.05, 4.69) is 10.3 Å². The molecule has 1 aromatic heterocycles. The highest BCUT2D eigenvalue weighted by Gasteiger charge is 2.09. The highest BCUT2D eigenvalue weighted by atomic mass is 35.5. The number of hydrogen-bond acceptors (Lipinski definition) is 4. The largest absolute Gasteiger partial charge is 0.495 e. The molecule has 0 spiro atoms. The third-order valence-electron chi connectivity index (χ3n) is 2.53. The van der Waals surface area contributed by atoms with Gasteiger partial charge >= 0.3 is 0 Å². The predicted molar refractivity (Wildman–Crippen MR) is 71.5 cm³/mol. The topological polar surface area (TPSA) is 64.4 Å². The van der Waals surface area contributed by atoms with Crippen LogP contribution in [0.4, 0.5) is 5.69 Å². The molecule has 1 heterocycles. The Bertz CT molecular complexity index is 555. The lowest BCUT2D eigenvalue weighted by atomic mass is 10.2. The Labute approximate surface area is 115 Å². The molecule has 0 saturated carbocycles. The summed E-state index contributed by atoms with van der Waals surface area (Å²) in [6, 6.07) is 5.05. The molecule has 0 unspecified atom stereocenters. The van der Waals surface area contributed by atoms with Gasteiger partial charge in [0.2, 0.25) is 5.91 Å². The number of methoxy groups -OCH3 is 1. The van der Waals surface area contributed by atoms with Crippen molar-refractivity contribution in [3.8, 4) is 5.75 Å². The average Bonchev–Trinajstić information content (AvgIpc) is 2.90. The molecule has 0 saturated heterocycles. The third-order valence-corrected chi connectivity index (χ3v) is 2.76. The minimum Gasteiger partial charge on any atom is -0.495 e. The zero-order valence-electron chi connectivity index (χ0n) is 10.4. The highest BCUT2D eigenvalue weighted by molar-refractivity contribution is 6.31. The fourth-order valence-corrected chi connectivity index (χ4v) is 1.77. The number of rotatable bonds is 5. The minimum atomic E-state index is -0.136. The maximum absolute atomic E-state index is 11.8. The molecular weight excluding hydrogens is 268 g/mol. The van der Waals surface area contributed by atoms with Gasteiger partial charge in [-0.1, -0.05) is 11.6 Å². The molecule has 0 aliphatic rings. The van der Waals surface area contributed by atoms with Crippen molar-refractivity contribution < 1.29 is 13.9 Å². The van der Waals surface area contributed by atoms with Crippen molar-refractivity contribution in [2.24, 2.45) is 0 Å². The van der Waals surface area contributed by atoms with E-state index in [1.807, 2.05) is 0 Å². The molecule has 0 aliphatic carbocycles. The van der Waals surface area contributed by atoms with Gasteiger partial charge in [0.1, 0.15) is 12.0 Å². The van der Waals surface area contributed by atoms with Gasteiger partial charge in [-0.3, -0.25) is 4.79 Å². The number of aryl methyl sites for hydroxylation is 1. The number of carbonyl (C=O) groups is 1. The van der Waals surface area contributed by atoms with Gasteiger partial charge in [-0.25, -0.2) is 4.98 Å². The summed E-state index contributed by atoms with van der Waals surface area (Å²) in [6.45, 7) is 0. The van der Waals surface area contributed by atoms with E-state index in [1.165, 1.54) is 19.8 Å². The molecule has 5 nitrogen and oxygen atoms in total. The van der Waals surface area contributed by atoms with Crippen LogP contribution in [0, 0.1) is 0 Å². The molecule has 0 radical (unpaired) electrons. The van der Waals surface area contributed by atoms with Gasteiger partial charge in [-0.05, 0) is 18.2 Å². The second-order valence-electron chi connectivity index (χ2n) is 3.87. The fraction of sp³-hybridized carbons (Fsp3) is 0.231. The van der Waals surface area contributed by atoms with Crippen molar-refractivity contribution in [2.45, 2.75) is 12.8 Å². The zero-order chi connectivity index (χ0) is 13.7. The molecule has 0 bridgehead atoms. The minimum absolute atomic E-state index is 0.136. The summed E-state index contributed by atoms with van der Waals surface area (Å²) < 4.78 is 9.99. The number of nitrogens with zero attached hydrogens (tertiary/aromatic N) is 1. The van der Waals surface area contributed by atoms with E-state index < -0.39 is 0 Å². The number of hydrogen-bond donors (Lipinski definition) is 1. The molecule has 0 fully saturated rings. The Balaban J connectivity index is 1.96. The third kappa shape index (κ3) is 3.72. The van der Waals surface area contributed by atoms with E-state index in [0.717, 1.165) is 5.69 Å². The van der Waals surface area contributed by atoms with Crippen molar-refractivity contribution in [2.75, 3.05) is 12.4 Å². The summed E-state index contributed by atoms with van der Waals surface area (Å²) in [5.74, 6) is 0.433. The Morgan fingerprint density at radius 2 is 2.37 bits per heavy atom. The summed E-state index contributed by atoms with van der Waals surface area (Å²) in [7, 11) is 1.54. The van der Waals surface area contributed by atoms with Gasteiger partial charge in [-0.15, -0.1) is 0 Å². The van der Waals surface area contributed by atoms with Crippen LogP contribution >= 0.6 is 11.6 Å². The summed E-state index contributed by atoms with van der Waals surface area (Å²) in [6.07, 6.45) is 3.69. The molecule has 1 aromatic carbocycles. The molecule has 0 aliphatic heterocycles. The number of oxazole rings is 1. The zero-order valence-corrected chi connectivity index (χ0v) is 11.1. The number of benzene rings is 1. The maximum atomic E-state index is 11.8. The van der Waals surface area contributed by atoms with Crippen LogP contribution in [0.3, 0.4) is 0 Å². The molecule has 0 atom stereocenters. The number of amides is 1. The SMILES string of the molecule is COc1ccc(Cl)cc1NC(=O)CCc1cocn1. The molecule has 2 rings (SSSR count). The number of nitrogens with one attached hydrogen (secondary N) is 1.